The quantitative estimate of drug-likeness (QED) is 0.540. The number of benzene rings is 3. The summed E-state index contributed by atoms with van der Waals surface area (Å²) in [6.45, 7) is 0.580. The summed E-state index contributed by atoms with van der Waals surface area (Å²) >= 11 is 0. The number of carbonyl (C=O) groups is 1. The molecule has 1 N–H and O–H groups in total. The second-order valence-electron chi connectivity index (χ2n) is 7.24. The van der Waals surface area contributed by atoms with Crippen LogP contribution in [0, 0.1) is 0 Å². The molecule has 0 bridgehead atoms. The van der Waals surface area contributed by atoms with Gasteiger partial charge >= 0.3 is 0 Å². The molecule has 0 aliphatic carbocycles. The Hall–Kier alpha value is -3.86. The number of carbonyl (C=O) groups excluding carboxylic acids is 1. The highest BCUT2D eigenvalue weighted by Gasteiger charge is 2.25. The van der Waals surface area contributed by atoms with E-state index in [9.17, 15) is 4.79 Å². The predicted molar refractivity (Wildman–Crippen MR) is 116 cm³/mol. The van der Waals surface area contributed by atoms with Crippen molar-refractivity contribution in [3.8, 4) is 22.7 Å². The minimum Gasteiger partial charge on any atom is -0.493 e. The highest BCUT2D eigenvalue weighted by atomic mass is 16.5. The second kappa shape index (κ2) is 7.87. The Balaban J connectivity index is 1.52. The molecule has 1 aliphatic heterocycles. The van der Waals surface area contributed by atoms with Gasteiger partial charge < -0.3 is 10.1 Å². The zero-order valence-corrected chi connectivity index (χ0v) is 16.4. The lowest BCUT2D eigenvalue weighted by molar-refractivity contribution is 0.0925. The SMILES string of the molecule is O=C(N[C@H]1CCOc2ccccc21)c1cn(-c2ccccc2)nc1-c1ccccc1. The van der Waals surface area contributed by atoms with Crippen molar-refractivity contribution in [2.45, 2.75) is 12.5 Å². The molecule has 2 heterocycles. The molecule has 1 amide bonds. The summed E-state index contributed by atoms with van der Waals surface area (Å²) in [4.78, 5) is 13.4. The Bertz CT molecular complexity index is 1170. The minimum absolute atomic E-state index is 0.0915. The monoisotopic (exact) mass is 395 g/mol. The lowest BCUT2D eigenvalue weighted by Crippen LogP contribution is -2.32. The fourth-order valence-electron chi connectivity index (χ4n) is 3.79. The molecule has 0 saturated carbocycles. The average Bonchev–Trinajstić information content (AvgIpc) is 3.26. The molecule has 0 fully saturated rings. The van der Waals surface area contributed by atoms with E-state index < -0.39 is 0 Å². The van der Waals surface area contributed by atoms with Crippen LogP contribution in [0.15, 0.2) is 91.1 Å². The molecule has 5 heteroatoms. The topological polar surface area (TPSA) is 56.1 Å². The Morgan fingerprint density at radius 1 is 0.933 bits per heavy atom. The molecule has 5 nitrogen and oxygen atoms in total. The molecule has 0 unspecified atom stereocenters. The number of nitrogens with zero attached hydrogens (tertiary/aromatic N) is 2. The van der Waals surface area contributed by atoms with Gasteiger partial charge in [0.2, 0.25) is 0 Å². The lowest BCUT2D eigenvalue weighted by atomic mass is 10.00. The highest BCUT2D eigenvalue weighted by molar-refractivity contribution is 6.00. The molecule has 30 heavy (non-hydrogen) atoms. The van der Waals surface area contributed by atoms with Gasteiger partial charge in [-0.3, -0.25) is 4.79 Å². The van der Waals surface area contributed by atoms with Crippen LogP contribution in [0.3, 0.4) is 0 Å². The number of hydrogen-bond acceptors (Lipinski definition) is 3. The van der Waals surface area contributed by atoms with Crippen LogP contribution in [0.1, 0.15) is 28.4 Å². The fourth-order valence-corrected chi connectivity index (χ4v) is 3.79. The van der Waals surface area contributed by atoms with E-state index in [1.165, 1.54) is 0 Å². The maximum Gasteiger partial charge on any atom is 0.255 e. The van der Waals surface area contributed by atoms with E-state index in [2.05, 4.69) is 5.32 Å². The Morgan fingerprint density at radius 3 is 2.43 bits per heavy atom. The van der Waals surface area contributed by atoms with E-state index in [0.717, 1.165) is 29.0 Å². The zero-order chi connectivity index (χ0) is 20.3. The molecule has 148 valence electrons. The van der Waals surface area contributed by atoms with Crippen LogP contribution in [0.4, 0.5) is 0 Å². The smallest absolute Gasteiger partial charge is 0.255 e. The van der Waals surface area contributed by atoms with Crippen molar-refractivity contribution >= 4 is 5.91 Å². The Kier molecular flexibility index (Phi) is 4.77. The number of ether oxygens (including phenoxy) is 1. The van der Waals surface area contributed by atoms with E-state index in [0.29, 0.717) is 17.9 Å². The average molecular weight is 395 g/mol. The van der Waals surface area contributed by atoms with Crippen molar-refractivity contribution in [3.63, 3.8) is 0 Å². The fraction of sp³-hybridized carbons (Fsp3) is 0.120. The number of hydrogen-bond donors (Lipinski definition) is 1. The summed E-state index contributed by atoms with van der Waals surface area (Å²) in [6, 6.07) is 27.4. The van der Waals surface area contributed by atoms with Gasteiger partial charge in [0.1, 0.15) is 11.4 Å². The Labute approximate surface area is 174 Å². The lowest BCUT2D eigenvalue weighted by Gasteiger charge is -2.26. The summed E-state index contributed by atoms with van der Waals surface area (Å²) in [5.74, 6) is 0.690. The van der Waals surface area contributed by atoms with Crippen LogP contribution < -0.4 is 10.1 Å². The first-order valence-electron chi connectivity index (χ1n) is 10.0. The van der Waals surface area contributed by atoms with E-state index in [1.54, 1.807) is 10.9 Å². The van der Waals surface area contributed by atoms with Gasteiger partial charge in [-0.05, 0) is 18.2 Å². The van der Waals surface area contributed by atoms with Crippen LogP contribution in [-0.4, -0.2) is 22.3 Å². The third kappa shape index (κ3) is 3.46. The van der Waals surface area contributed by atoms with Gasteiger partial charge in [0.05, 0.1) is 23.9 Å². The number of rotatable bonds is 4. The van der Waals surface area contributed by atoms with Gasteiger partial charge in [0.15, 0.2) is 0 Å². The largest absolute Gasteiger partial charge is 0.493 e. The zero-order valence-electron chi connectivity index (χ0n) is 16.4. The molecule has 1 aliphatic rings. The van der Waals surface area contributed by atoms with Gasteiger partial charge in [0, 0.05) is 23.7 Å². The summed E-state index contributed by atoms with van der Waals surface area (Å²) in [6.07, 6.45) is 2.54. The van der Waals surface area contributed by atoms with E-state index >= 15 is 0 Å². The van der Waals surface area contributed by atoms with Gasteiger partial charge in [-0.15, -0.1) is 0 Å². The first-order valence-corrected chi connectivity index (χ1v) is 10.0. The molecule has 4 aromatic rings. The van der Waals surface area contributed by atoms with Crippen LogP contribution in [-0.2, 0) is 0 Å². The molecule has 3 aromatic carbocycles. The standard InChI is InChI=1S/C25H21N3O2/c29-25(26-22-15-16-30-23-14-8-7-13-20(22)23)21-17-28(19-11-5-2-6-12-19)27-24(21)18-9-3-1-4-10-18/h1-14,17,22H,15-16H2,(H,26,29)/t22-/m0/s1. The first kappa shape index (κ1) is 18.2. The molecular formula is C25H21N3O2. The van der Waals surface area contributed by atoms with Gasteiger partial charge in [-0.25, -0.2) is 4.68 Å². The van der Waals surface area contributed by atoms with Crippen molar-refractivity contribution in [2.24, 2.45) is 0 Å². The molecule has 0 saturated heterocycles. The van der Waals surface area contributed by atoms with E-state index in [1.807, 2.05) is 84.9 Å². The summed E-state index contributed by atoms with van der Waals surface area (Å²) in [5.41, 5.74) is 4.04. The molecule has 0 radical (unpaired) electrons. The molecular weight excluding hydrogens is 374 g/mol. The maximum absolute atomic E-state index is 13.4. The van der Waals surface area contributed by atoms with Gasteiger partial charge in [-0.2, -0.15) is 5.10 Å². The summed E-state index contributed by atoms with van der Waals surface area (Å²) in [7, 11) is 0. The number of aromatic nitrogens is 2. The van der Waals surface area contributed by atoms with Crippen molar-refractivity contribution in [1.82, 2.24) is 15.1 Å². The van der Waals surface area contributed by atoms with Crippen molar-refractivity contribution in [2.75, 3.05) is 6.61 Å². The third-order valence-electron chi connectivity index (χ3n) is 5.29. The normalized spacial score (nSPS) is 15.1. The minimum atomic E-state index is -0.141. The predicted octanol–water partition coefficient (Wildman–Crippen LogP) is 4.79. The third-order valence-corrected chi connectivity index (χ3v) is 5.29. The van der Waals surface area contributed by atoms with Crippen LogP contribution in [0.2, 0.25) is 0 Å². The first-order chi connectivity index (χ1) is 14.8. The van der Waals surface area contributed by atoms with Gasteiger partial charge in [0.25, 0.3) is 5.91 Å². The van der Waals surface area contributed by atoms with E-state index in [-0.39, 0.29) is 11.9 Å². The van der Waals surface area contributed by atoms with Crippen molar-refractivity contribution in [3.05, 3.63) is 102 Å². The maximum atomic E-state index is 13.4. The highest BCUT2D eigenvalue weighted by Crippen LogP contribution is 2.32. The number of amides is 1. The number of para-hydroxylation sites is 2. The van der Waals surface area contributed by atoms with Crippen molar-refractivity contribution < 1.29 is 9.53 Å². The van der Waals surface area contributed by atoms with E-state index in [4.69, 9.17) is 9.84 Å². The number of nitrogens with one attached hydrogen (secondary N) is 1. The summed E-state index contributed by atoms with van der Waals surface area (Å²) < 4.78 is 7.49. The second-order valence-corrected chi connectivity index (χ2v) is 7.24. The number of fused-ring (bicyclic) bond motifs is 1. The Morgan fingerprint density at radius 2 is 1.63 bits per heavy atom. The van der Waals surface area contributed by atoms with Gasteiger partial charge in [-0.1, -0.05) is 66.7 Å². The van der Waals surface area contributed by atoms with Crippen LogP contribution in [0.5, 0.6) is 5.75 Å². The van der Waals surface area contributed by atoms with Crippen LogP contribution in [0.25, 0.3) is 16.9 Å². The molecule has 5 rings (SSSR count). The summed E-state index contributed by atoms with van der Waals surface area (Å²) in [5, 5.41) is 7.93. The van der Waals surface area contributed by atoms with Crippen LogP contribution >= 0.6 is 0 Å². The van der Waals surface area contributed by atoms with Crippen molar-refractivity contribution in [1.29, 1.82) is 0 Å². The molecule has 1 atom stereocenters. The molecule has 1 aromatic heterocycles. The molecule has 0 spiro atoms.